The Bertz CT molecular complexity index is 143. The van der Waals surface area contributed by atoms with E-state index in [0.717, 1.165) is 19.0 Å². The third kappa shape index (κ3) is 4.43. The molecule has 1 unspecified atom stereocenters. The molecule has 1 aliphatic carbocycles. The van der Waals surface area contributed by atoms with Crippen LogP contribution in [0.4, 0.5) is 0 Å². The molecule has 0 aromatic rings. The minimum atomic E-state index is 0.701. The quantitative estimate of drug-likeness (QED) is 0.601. The fourth-order valence-corrected chi connectivity index (χ4v) is 1.87. The van der Waals surface area contributed by atoms with E-state index in [2.05, 4.69) is 31.0 Å². The van der Waals surface area contributed by atoms with Crippen LogP contribution >= 0.6 is 0 Å². The SMILES string of the molecule is CCCNCC(C)N(CC)CC1CC1. The summed E-state index contributed by atoms with van der Waals surface area (Å²) in [7, 11) is 0. The van der Waals surface area contributed by atoms with Crippen molar-refractivity contribution in [1.82, 2.24) is 10.2 Å². The molecule has 1 fully saturated rings. The first-order valence-electron chi connectivity index (χ1n) is 6.22. The molecule has 1 atom stereocenters. The van der Waals surface area contributed by atoms with E-state index in [9.17, 15) is 0 Å². The zero-order chi connectivity index (χ0) is 10.4. The largest absolute Gasteiger partial charge is 0.315 e. The second-order valence-corrected chi connectivity index (χ2v) is 4.58. The van der Waals surface area contributed by atoms with Crippen LogP contribution in [-0.2, 0) is 0 Å². The van der Waals surface area contributed by atoms with Gasteiger partial charge in [-0.1, -0.05) is 13.8 Å². The Kier molecular flexibility index (Phi) is 5.49. The smallest absolute Gasteiger partial charge is 0.0192 e. The molecule has 0 heterocycles. The van der Waals surface area contributed by atoms with Crippen LogP contribution in [0.5, 0.6) is 0 Å². The molecule has 1 N–H and O–H groups in total. The van der Waals surface area contributed by atoms with Crippen molar-refractivity contribution >= 4 is 0 Å². The van der Waals surface area contributed by atoms with E-state index in [-0.39, 0.29) is 0 Å². The Balaban J connectivity index is 2.13. The van der Waals surface area contributed by atoms with Crippen LogP contribution in [0.3, 0.4) is 0 Å². The molecule has 0 amide bonds. The molecule has 0 aliphatic heterocycles. The fourth-order valence-electron chi connectivity index (χ4n) is 1.87. The molecule has 0 spiro atoms. The third-order valence-corrected chi connectivity index (χ3v) is 3.09. The normalized spacial score (nSPS) is 18.9. The zero-order valence-electron chi connectivity index (χ0n) is 10.1. The van der Waals surface area contributed by atoms with Gasteiger partial charge in [-0.3, -0.25) is 4.90 Å². The van der Waals surface area contributed by atoms with Gasteiger partial charge < -0.3 is 5.32 Å². The van der Waals surface area contributed by atoms with Crippen LogP contribution in [0.15, 0.2) is 0 Å². The highest BCUT2D eigenvalue weighted by atomic mass is 15.2. The van der Waals surface area contributed by atoms with Crippen LogP contribution in [0.25, 0.3) is 0 Å². The summed E-state index contributed by atoms with van der Waals surface area (Å²) in [5.41, 5.74) is 0. The summed E-state index contributed by atoms with van der Waals surface area (Å²) in [5.74, 6) is 1.02. The number of nitrogens with one attached hydrogen (secondary N) is 1. The van der Waals surface area contributed by atoms with Crippen molar-refractivity contribution in [3.63, 3.8) is 0 Å². The molecular formula is C12H26N2. The van der Waals surface area contributed by atoms with E-state index >= 15 is 0 Å². The van der Waals surface area contributed by atoms with Gasteiger partial charge in [0.2, 0.25) is 0 Å². The topological polar surface area (TPSA) is 15.3 Å². The predicted octanol–water partition coefficient (Wildman–Crippen LogP) is 2.11. The molecule has 84 valence electrons. The maximum absolute atomic E-state index is 3.50. The first-order chi connectivity index (χ1) is 6.77. The van der Waals surface area contributed by atoms with E-state index in [1.165, 1.54) is 32.4 Å². The summed E-state index contributed by atoms with van der Waals surface area (Å²) >= 11 is 0. The zero-order valence-corrected chi connectivity index (χ0v) is 10.1. The second-order valence-electron chi connectivity index (χ2n) is 4.58. The Morgan fingerprint density at radius 1 is 1.36 bits per heavy atom. The third-order valence-electron chi connectivity index (χ3n) is 3.09. The Morgan fingerprint density at radius 3 is 2.57 bits per heavy atom. The average Bonchev–Trinajstić information content (AvgIpc) is 2.98. The molecule has 0 aromatic heterocycles. The van der Waals surface area contributed by atoms with Gasteiger partial charge in [-0.2, -0.15) is 0 Å². The maximum atomic E-state index is 3.50. The summed E-state index contributed by atoms with van der Waals surface area (Å²) in [4.78, 5) is 2.61. The van der Waals surface area contributed by atoms with Crippen molar-refractivity contribution in [2.75, 3.05) is 26.2 Å². The highest BCUT2D eigenvalue weighted by Crippen LogP contribution is 2.30. The van der Waals surface area contributed by atoms with Crippen molar-refractivity contribution in [1.29, 1.82) is 0 Å². The molecule has 0 bridgehead atoms. The molecular weight excluding hydrogens is 172 g/mol. The van der Waals surface area contributed by atoms with Gasteiger partial charge in [0.15, 0.2) is 0 Å². The highest BCUT2D eigenvalue weighted by Gasteiger charge is 2.25. The van der Waals surface area contributed by atoms with E-state index < -0.39 is 0 Å². The van der Waals surface area contributed by atoms with Gasteiger partial charge in [0, 0.05) is 19.1 Å². The lowest BCUT2D eigenvalue weighted by Crippen LogP contribution is -2.41. The van der Waals surface area contributed by atoms with E-state index in [1.807, 2.05) is 0 Å². The van der Waals surface area contributed by atoms with E-state index in [4.69, 9.17) is 0 Å². The van der Waals surface area contributed by atoms with Crippen molar-refractivity contribution in [2.45, 2.75) is 46.1 Å². The minimum absolute atomic E-state index is 0.701. The van der Waals surface area contributed by atoms with Crippen LogP contribution in [-0.4, -0.2) is 37.1 Å². The Morgan fingerprint density at radius 2 is 2.07 bits per heavy atom. The molecule has 2 heteroatoms. The molecule has 1 saturated carbocycles. The lowest BCUT2D eigenvalue weighted by molar-refractivity contribution is 0.206. The van der Waals surface area contributed by atoms with Gasteiger partial charge in [0.1, 0.15) is 0 Å². The second kappa shape index (κ2) is 6.41. The van der Waals surface area contributed by atoms with Gasteiger partial charge in [-0.05, 0) is 45.2 Å². The van der Waals surface area contributed by atoms with E-state index in [0.29, 0.717) is 6.04 Å². The van der Waals surface area contributed by atoms with E-state index in [1.54, 1.807) is 0 Å². The van der Waals surface area contributed by atoms with Gasteiger partial charge in [0.25, 0.3) is 0 Å². The summed E-state index contributed by atoms with van der Waals surface area (Å²) < 4.78 is 0. The highest BCUT2D eigenvalue weighted by molar-refractivity contribution is 4.79. The number of hydrogen-bond donors (Lipinski definition) is 1. The van der Waals surface area contributed by atoms with Crippen molar-refractivity contribution in [3.8, 4) is 0 Å². The van der Waals surface area contributed by atoms with Crippen LogP contribution in [0, 0.1) is 5.92 Å². The maximum Gasteiger partial charge on any atom is 0.0192 e. The number of hydrogen-bond acceptors (Lipinski definition) is 2. The van der Waals surface area contributed by atoms with Gasteiger partial charge >= 0.3 is 0 Å². The molecule has 1 rings (SSSR count). The van der Waals surface area contributed by atoms with Gasteiger partial charge in [0.05, 0.1) is 0 Å². The number of nitrogens with zero attached hydrogens (tertiary/aromatic N) is 1. The molecule has 1 aliphatic rings. The standard InChI is InChI=1S/C12H26N2/c1-4-8-13-9-11(3)14(5-2)10-12-6-7-12/h11-13H,4-10H2,1-3H3. The lowest BCUT2D eigenvalue weighted by atomic mass is 10.2. The van der Waals surface area contributed by atoms with Crippen LogP contribution in [0.2, 0.25) is 0 Å². The van der Waals surface area contributed by atoms with Crippen LogP contribution < -0.4 is 5.32 Å². The summed E-state index contributed by atoms with van der Waals surface area (Å²) in [6, 6.07) is 0.701. The first-order valence-corrected chi connectivity index (χ1v) is 6.22. The first kappa shape index (κ1) is 12.0. The molecule has 0 radical (unpaired) electrons. The van der Waals surface area contributed by atoms with Crippen LogP contribution in [0.1, 0.15) is 40.0 Å². The van der Waals surface area contributed by atoms with Crippen molar-refractivity contribution in [3.05, 3.63) is 0 Å². The van der Waals surface area contributed by atoms with Crippen molar-refractivity contribution in [2.24, 2.45) is 5.92 Å². The monoisotopic (exact) mass is 198 g/mol. The van der Waals surface area contributed by atoms with Gasteiger partial charge in [-0.15, -0.1) is 0 Å². The predicted molar refractivity (Wildman–Crippen MR) is 62.6 cm³/mol. The Hall–Kier alpha value is -0.0800. The molecule has 0 aromatic carbocycles. The average molecular weight is 198 g/mol. The van der Waals surface area contributed by atoms with Crippen molar-refractivity contribution < 1.29 is 0 Å². The minimum Gasteiger partial charge on any atom is -0.315 e. The Labute approximate surface area is 89.1 Å². The number of rotatable bonds is 8. The molecule has 14 heavy (non-hydrogen) atoms. The summed E-state index contributed by atoms with van der Waals surface area (Å²) in [6.07, 6.45) is 4.17. The fraction of sp³-hybridized carbons (Fsp3) is 1.00. The molecule has 0 saturated heterocycles. The molecule has 2 nitrogen and oxygen atoms in total. The number of likely N-dealkylation sites (N-methyl/N-ethyl adjacent to an activating group) is 1. The van der Waals surface area contributed by atoms with Gasteiger partial charge in [-0.25, -0.2) is 0 Å². The summed E-state index contributed by atoms with van der Waals surface area (Å²) in [6.45, 7) is 11.7. The lowest BCUT2D eigenvalue weighted by Gasteiger charge is -2.28. The summed E-state index contributed by atoms with van der Waals surface area (Å²) in [5, 5.41) is 3.50.